The maximum atomic E-state index is 12.6. The van der Waals surface area contributed by atoms with Gasteiger partial charge in [-0.1, -0.05) is 25.1 Å². The Kier molecular flexibility index (Phi) is 3.19. The van der Waals surface area contributed by atoms with Crippen LogP contribution in [-0.2, 0) is 4.79 Å². The van der Waals surface area contributed by atoms with Gasteiger partial charge >= 0.3 is 0 Å². The molecule has 1 fully saturated rings. The van der Waals surface area contributed by atoms with Gasteiger partial charge in [-0.05, 0) is 18.9 Å². The van der Waals surface area contributed by atoms with Crippen LogP contribution >= 0.6 is 0 Å². The van der Waals surface area contributed by atoms with Crippen molar-refractivity contribution in [1.82, 2.24) is 4.90 Å². The number of likely N-dealkylation sites (tertiary alicyclic amines) is 1. The van der Waals surface area contributed by atoms with E-state index >= 15 is 0 Å². The van der Waals surface area contributed by atoms with E-state index in [2.05, 4.69) is 0 Å². The molecule has 19 heavy (non-hydrogen) atoms. The Balaban J connectivity index is 1.79. The van der Waals surface area contributed by atoms with Crippen molar-refractivity contribution in [3.8, 4) is 5.75 Å². The van der Waals surface area contributed by atoms with Gasteiger partial charge in [-0.3, -0.25) is 4.79 Å². The summed E-state index contributed by atoms with van der Waals surface area (Å²) >= 11 is 0. The molecule has 0 aromatic heterocycles. The number of para-hydroxylation sites is 1. The molecule has 1 aromatic carbocycles. The van der Waals surface area contributed by atoms with Crippen LogP contribution in [0.5, 0.6) is 5.75 Å². The lowest BCUT2D eigenvalue weighted by atomic mass is 9.96. The normalized spacial score (nSPS) is 29.2. The fraction of sp³-hybridized carbons (Fsp3) is 0.533. The van der Waals surface area contributed by atoms with Crippen LogP contribution in [0.4, 0.5) is 0 Å². The highest BCUT2D eigenvalue weighted by Gasteiger charge is 2.41. The van der Waals surface area contributed by atoms with E-state index in [9.17, 15) is 9.90 Å². The third-order valence-electron chi connectivity index (χ3n) is 4.23. The van der Waals surface area contributed by atoms with Crippen LogP contribution in [-0.4, -0.2) is 41.2 Å². The highest BCUT2D eigenvalue weighted by molar-refractivity contribution is 5.84. The third kappa shape index (κ3) is 2.00. The summed E-state index contributed by atoms with van der Waals surface area (Å²) in [5, 5.41) is 9.33. The molecule has 2 heterocycles. The van der Waals surface area contributed by atoms with Gasteiger partial charge in [-0.2, -0.15) is 0 Å². The number of hydrogen-bond acceptors (Lipinski definition) is 3. The van der Waals surface area contributed by atoms with E-state index in [0.29, 0.717) is 0 Å². The molecule has 1 saturated heterocycles. The zero-order valence-electron chi connectivity index (χ0n) is 11.1. The van der Waals surface area contributed by atoms with E-state index in [-0.39, 0.29) is 24.5 Å². The molecule has 0 saturated carbocycles. The molecular weight excluding hydrogens is 242 g/mol. The monoisotopic (exact) mass is 261 g/mol. The summed E-state index contributed by atoms with van der Waals surface area (Å²) in [7, 11) is 0. The molecule has 0 unspecified atom stereocenters. The highest BCUT2D eigenvalue weighted by Crippen LogP contribution is 2.38. The summed E-state index contributed by atoms with van der Waals surface area (Å²) in [6.45, 7) is 2.80. The van der Waals surface area contributed by atoms with Gasteiger partial charge in [0.1, 0.15) is 5.75 Å². The van der Waals surface area contributed by atoms with Crippen molar-refractivity contribution in [1.29, 1.82) is 0 Å². The van der Waals surface area contributed by atoms with Crippen molar-refractivity contribution in [2.75, 3.05) is 13.2 Å². The molecule has 2 aliphatic rings. The Hall–Kier alpha value is -1.55. The highest BCUT2D eigenvalue weighted by atomic mass is 16.5. The molecule has 1 amide bonds. The molecule has 1 aromatic rings. The molecule has 2 aliphatic heterocycles. The summed E-state index contributed by atoms with van der Waals surface area (Å²) in [6, 6.07) is 7.78. The number of nitrogens with zero attached hydrogens (tertiary/aromatic N) is 1. The van der Waals surface area contributed by atoms with Gasteiger partial charge in [-0.15, -0.1) is 0 Å². The molecule has 102 valence electrons. The minimum atomic E-state index is -0.440. The second-order valence-electron chi connectivity index (χ2n) is 5.38. The predicted molar refractivity (Wildman–Crippen MR) is 71.1 cm³/mol. The van der Waals surface area contributed by atoms with Crippen LogP contribution in [0.25, 0.3) is 0 Å². The van der Waals surface area contributed by atoms with E-state index < -0.39 is 6.10 Å². The number of aliphatic hydroxyl groups is 1. The molecule has 0 spiro atoms. The van der Waals surface area contributed by atoms with E-state index in [1.165, 1.54) is 0 Å². The maximum absolute atomic E-state index is 12.6. The summed E-state index contributed by atoms with van der Waals surface area (Å²) in [4.78, 5) is 14.4. The van der Waals surface area contributed by atoms with E-state index in [0.717, 1.165) is 30.7 Å². The van der Waals surface area contributed by atoms with Gasteiger partial charge < -0.3 is 14.7 Å². The van der Waals surface area contributed by atoms with E-state index in [4.69, 9.17) is 4.74 Å². The SMILES string of the molecule is C[C@H]1c2ccccc2O[C@@H]1C(=O)N1CCC[C@H]1CO. The second-order valence-corrected chi connectivity index (χ2v) is 5.38. The topological polar surface area (TPSA) is 49.8 Å². The molecule has 0 radical (unpaired) electrons. The standard InChI is InChI=1S/C15H19NO3/c1-10-12-6-2-3-7-13(12)19-14(10)15(18)16-8-4-5-11(16)9-17/h2-3,6-7,10-11,14,17H,4-5,8-9H2,1H3/t10-,11-,14-/m0/s1. The number of carbonyl (C=O) groups is 1. The van der Waals surface area contributed by atoms with Crippen molar-refractivity contribution in [2.24, 2.45) is 0 Å². The lowest BCUT2D eigenvalue weighted by Gasteiger charge is -2.27. The first-order valence-corrected chi connectivity index (χ1v) is 6.89. The fourth-order valence-electron chi connectivity index (χ4n) is 3.11. The summed E-state index contributed by atoms with van der Waals surface area (Å²) in [5.74, 6) is 0.900. The number of carbonyl (C=O) groups excluding carboxylic acids is 1. The average Bonchev–Trinajstić information content (AvgIpc) is 3.03. The molecule has 4 nitrogen and oxygen atoms in total. The third-order valence-corrected chi connectivity index (χ3v) is 4.23. The zero-order valence-corrected chi connectivity index (χ0v) is 11.1. The van der Waals surface area contributed by atoms with Gasteiger partial charge in [0.15, 0.2) is 6.10 Å². The van der Waals surface area contributed by atoms with Crippen LogP contribution in [0.3, 0.4) is 0 Å². The minimum Gasteiger partial charge on any atom is -0.480 e. The van der Waals surface area contributed by atoms with Gasteiger partial charge in [0, 0.05) is 18.0 Å². The van der Waals surface area contributed by atoms with Crippen molar-refractivity contribution in [2.45, 2.75) is 37.8 Å². The van der Waals surface area contributed by atoms with Crippen LogP contribution in [0, 0.1) is 0 Å². The Morgan fingerprint density at radius 2 is 2.26 bits per heavy atom. The van der Waals surface area contributed by atoms with Crippen LogP contribution < -0.4 is 4.74 Å². The van der Waals surface area contributed by atoms with Crippen molar-refractivity contribution in [3.63, 3.8) is 0 Å². The first-order chi connectivity index (χ1) is 9.22. The summed E-state index contributed by atoms with van der Waals surface area (Å²) in [5.41, 5.74) is 1.10. The summed E-state index contributed by atoms with van der Waals surface area (Å²) in [6.07, 6.45) is 1.41. The summed E-state index contributed by atoms with van der Waals surface area (Å²) < 4.78 is 5.81. The number of rotatable bonds is 2. The lowest BCUT2D eigenvalue weighted by Crippen LogP contribution is -2.46. The van der Waals surface area contributed by atoms with Gasteiger partial charge in [0.2, 0.25) is 0 Å². The second kappa shape index (κ2) is 4.85. The zero-order chi connectivity index (χ0) is 13.4. The van der Waals surface area contributed by atoms with Gasteiger partial charge in [0.05, 0.1) is 12.6 Å². The molecule has 0 aliphatic carbocycles. The number of hydrogen-bond donors (Lipinski definition) is 1. The van der Waals surface area contributed by atoms with Crippen LogP contribution in [0.2, 0.25) is 0 Å². The Bertz CT molecular complexity index is 488. The number of ether oxygens (including phenoxy) is 1. The quantitative estimate of drug-likeness (QED) is 0.878. The number of amides is 1. The molecule has 1 N–H and O–H groups in total. The molecule has 3 rings (SSSR count). The minimum absolute atomic E-state index is 0.0141. The number of benzene rings is 1. The first-order valence-electron chi connectivity index (χ1n) is 6.89. The first kappa shape index (κ1) is 12.5. The molecule has 3 atom stereocenters. The molecule has 0 bridgehead atoms. The smallest absolute Gasteiger partial charge is 0.264 e. The maximum Gasteiger partial charge on any atom is 0.264 e. The van der Waals surface area contributed by atoms with E-state index in [1.54, 1.807) is 4.90 Å². The van der Waals surface area contributed by atoms with Gasteiger partial charge in [0.25, 0.3) is 5.91 Å². The van der Waals surface area contributed by atoms with Gasteiger partial charge in [-0.25, -0.2) is 0 Å². The Labute approximate surface area is 113 Å². The van der Waals surface area contributed by atoms with Crippen molar-refractivity contribution in [3.05, 3.63) is 29.8 Å². The average molecular weight is 261 g/mol. The Morgan fingerprint density at radius 3 is 3.00 bits per heavy atom. The van der Waals surface area contributed by atoms with Crippen LogP contribution in [0.1, 0.15) is 31.2 Å². The van der Waals surface area contributed by atoms with Crippen molar-refractivity contribution >= 4 is 5.91 Å². The predicted octanol–water partition coefficient (Wildman–Crippen LogP) is 1.53. The van der Waals surface area contributed by atoms with Crippen molar-refractivity contribution < 1.29 is 14.6 Å². The lowest BCUT2D eigenvalue weighted by molar-refractivity contribution is -0.140. The molecule has 4 heteroatoms. The molecular formula is C15H19NO3. The Morgan fingerprint density at radius 1 is 1.47 bits per heavy atom. The van der Waals surface area contributed by atoms with E-state index in [1.807, 2.05) is 31.2 Å². The number of aliphatic hydroxyl groups excluding tert-OH is 1. The van der Waals surface area contributed by atoms with Crippen LogP contribution in [0.15, 0.2) is 24.3 Å². The fourth-order valence-corrected chi connectivity index (χ4v) is 3.11. The number of fused-ring (bicyclic) bond motifs is 1. The largest absolute Gasteiger partial charge is 0.480 e.